The van der Waals surface area contributed by atoms with Gasteiger partial charge < -0.3 is 4.98 Å². The zero-order valence-electron chi connectivity index (χ0n) is 17.0. The molecule has 0 spiro atoms. The van der Waals surface area contributed by atoms with Gasteiger partial charge >= 0.3 is 0 Å². The van der Waals surface area contributed by atoms with E-state index in [4.69, 9.17) is 5.21 Å². The predicted octanol–water partition coefficient (Wildman–Crippen LogP) is 5.65. The number of thiophene rings is 1. The van der Waals surface area contributed by atoms with Crippen molar-refractivity contribution in [1.29, 1.82) is 0 Å². The molecule has 0 aliphatic heterocycles. The van der Waals surface area contributed by atoms with Gasteiger partial charge in [0.2, 0.25) is 0 Å². The maximum Gasteiger partial charge on any atom is 0.274 e. The number of benzene rings is 2. The van der Waals surface area contributed by atoms with Crippen LogP contribution in [0.2, 0.25) is 0 Å². The predicted molar refractivity (Wildman–Crippen MR) is 123 cm³/mol. The molecular weight excluding hydrogens is 408 g/mol. The molecule has 0 aliphatic carbocycles. The number of hydroxylamine groups is 1. The number of amides is 1. The highest BCUT2D eigenvalue weighted by Gasteiger charge is 2.18. The van der Waals surface area contributed by atoms with Crippen LogP contribution in [0.25, 0.3) is 22.4 Å². The fourth-order valence-electron chi connectivity index (χ4n) is 3.48. The third-order valence-corrected chi connectivity index (χ3v) is 5.93. The fourth-order valence-corrected chi connectivity index (χ4v) is 4.13. The minimum Gasteiger partial charge on any atom is -0.352 e. The van der Waals surface area contributed by atoms with Crippen LogP contribution >= 0.6 is 11.3 Å². The molecule has 1 amide bonds. The number of Topliss-reactive ketones (excluding diaryl/α,β-unsaturated/α-hetero) is 1. The maximum atomic E-state index is 13.1. The van der Waals surface area contributed by atoms with Crippen molar-refractivity contribution in [3.8, 4) is 22.4 Å². The Kier molecular flexibility index (Phi) is 6.11. The van der Waals surface area contributed by atoms with Gasteiger partial charge in [-0.05, 0) is 65.1 Å². The van der Waals surface area contributed by atoms with E-state index in [-0.39, 0.29) is 5.78 Å². The number of aromatic nitrogens is 1. The molecule has 3 N–H and O–H groups in total. The number of rotatable bonds is 7. The number of H-pyrrole nitrogens is 1. The summed E-state index contributed by atoms with van der Waals surface area (Å²) in [5.74, 6) is -0.519. The monoisotopic (exact) mass is 430 g/mol. The van der Waals surface area contributed by atoms with Crippen LogP contribution in [0.5, 0.6) is 0 Å². The first-order valence-corrected chi connectivity index (χ1v) is 10.9. The molecule has 156 valence electrons. The molecule has 0 radical (unpaired) electrons. The lowest BCUT2D eigenvalue weighted by molar-refractivity contribution is 0.0706. The highest BCUT2D eigenvalue weighted by Crippen LogP contribution is 2.32. The minimum absolute atomic E-state index is 0.0386. The van der Waals surface area contributed by atoms with Crippen molar-refractivity contribution < 1.29 is 14.8 Å². The zero-order valence-corrected chi connectivity index (χ0v) is 17.8. The molecule has 0 saturated heterocycles. The van der Waals surface area contributed by atoms with Gasteiger partial charge in [-0.3, -0.25) is 14.8 Å². The van der Waals surface area contributed by atoms with Crippen molar-refractivity contribution in [1.82, 2.24) is 10.5 Å². The average Bonchev–Trinajstić information content (AvgIpc) is 3.48. The summed E-state index contributed by atoms with van der Waals surface area (Å²) in [7, 11) is 0. The summed E-state index contributed by atoms with van der Waals surface area (Å²) in [6, 6.07) is 19.1. The van der Waals surface area contributed by atoms with Gasteiger partial charge in [0.25, 0.3) is 5.91 Å². The molecule has 4 rings (SSSR count). The Morgan fingerprint density at radius 1 is 1.00 bits per heavy atom. The summed E-state index contributed by atoms with van der Waals surface area (Å²) >= 11 is 1.60. The van der Waals surface area contributed by atoms with Crippen LogP contribution in [0, 0.1) is 6.92 Å². The second-order valence-corrected chi connectivity index (χ2v) is 8.19. The van der Waals surface area contributed by atoms with E-state index in [1.165, 1.54) is 5.56 Å². The molecule has 0 unspecified atom stereocenters. The number of nitrogens with one attached hydrogen (secondary N) is 2. The summed E-state index contributed by atoms with van der Waals surface area (Å²) in [4.78, 5) is 27.9. The van der Waals surface area contributed by atoms with E-state index in [2.05, 4.69) is 29.2 Å². The number of aryl methyl sites for hydroxylation is 2. The molecule has 0 fully saturated rings. The molecule has 2 aromatic carbocycles. The van der Waals surface area contributed by atoms with Gasteiger partial charge in [0.05, 0.1) is 5.69 Å². The van der Waals surface area contributed by atoms with Crippen LogP contribution in [-0.2, 0) is 6.42 Å². The minimum atomic E-state index is -0.557. The van der Waals surface area contributed by atoms with E-state index in [1.54, 1.807) is 41.1 Å². The van der Waals surface area contributed by atoms with Gasteiger partial charge in [0.15, 0.2) is 5.78 Å². The SMILES string of the molecule is Cc1ccc(-c2cc(-c3ccsc3)c(C(=O)CCc3ccc(C(=O)NO)cc3)[nH]2)cc1. The molecule has 0 atom stereocenters. The van der Waals surface area contributed by atoms with Gasteiger partial charge in [-0.1, -0.05) is 42.0 Å². The second kappa shape index (κ2) is 9.12. The van der Waals surface area contributed by atoms with E-state index in [0.29, 0.717) is 24.1 Å². The van der Waals surface area contributed by atoms with Crippen molar-refractivity contribution in [3.05, 3.63) is 93.8 Å². The summed E-state index contributed by atoms with van der Waals surface area (Å²) in [6.45, 7) is 2.05. The van der Waals surface area contributed by atoms with Gasteiger partial charge in [0, 0.05) is 23.2 Å². The van der Waals surface area contributed by atoms with Gasteiger partial charge in [0.1, 0.15) is 0 Å². The molecule has 4 aromatic rings. The third kappa shape index (κ3) is 4.66. The number of hydrogen-bond donors (Lipinski definition) is 3. The molecule has 2 heterocycles. The lowest BCUT2D eigenvalue weighted by atomic mass is 10.0. The number of hydrogen-bond acceptors (Lipinski definition) is 4. The molecule has 0 aliphatic rings. The summed E-state index contributed by atoms with van der Waals surface area (Å²) in [6.07, 6.45) is 0.901. The topological polar surface area (TPSA) is 82.2 Å². The Balaban J connectivity index is 1.56. The molecule has 2 aromatic heterocycles. The highest BCUT2D eigenvalue weighted by atomic mass is 32.1. The second-order valence-electron chi connectivity index (χ2n) is 7.41. The van der Waals surface area contributed by atoms with Crippen LogP contribution in [0.15, 0.2) is 71.4 Å². The highest BCUT2D eigenvalue weighted by molar-refractivity contribution is 7.08. The Morgan fingerprint density at radius 3 is 2.39 bits per heavy atom. The molecule has 0 bridgehead atoms. The van der Waals surface area contributed by atoms with E-state index < -0.39 is 5.91 Å². The molecule has 0 saturated carbocycles. The molecular formula is C25H22N2O3S. The number of carbonyl (C=O) groups excluding carboxylic acids is 2. The zero-order chi connectivity index (χ0) is 21.8. The first kappa shape index (κ1) is 20.8. The Hall–Kier alpha value is -3.48. The van der Waals surface area contributed by atoms with Gasteiger partial charge in [-0.25, -0.2) is 5.48 Å². The van der Waals surface area contributed by atoms with Crippen LogP contribution in [0.1, 0.15) is 38.4 Å². The van der Waals surface area contributed by atoms with E-state index in [9.17, 15) is 9.59 Å². The van der Waals surface area contributed by atoms with E-state index in [1.807, 2.05) is 29.8 Å². The smallest absolute Gasteiger partial charge is 0.274 e. The molecule has 31 heavy (non-hydrogen) atoms. The van der Waals surface area contributed by atoms with Crippen molar-refractivity contribution >= 4 is 23.0 Å². The van der Waals surface area contributed by atoms with Crippen LogP contribution in [-0.4, -0.2) is 21.9 Å². The van der Waals surface area contributed by atoms with Crippen LogP contribution in [0.3, 0.4) is 0 Å². The largest absolute Gasteiger partial charge is 0.352 e. The average molecular weight is 431 g/mol. The standard InChI is InChI=1S/C25H22N2O3S/c1-16-2-7-18(8-3-16)22-14-21(20-12-13-31-15-20)24(26-22)23(28)11-6-17-4-9-19(10-5-17)25(29)27-30/h2-5,7-10,12-15,26,30H,6,11H2,1H3,(H,27,29). The first-order valence-electron chi connectivity index (χ1n) is 9.94. The van der Waals surface area contributed by atoms with E-state index in [0.717, 1.165) is 27.9 Å². The van der Waals surface area contributed by atoms with Crippen molar-refractivity contribution in [2.45, 2.75) is 19.8 Å². The lowest BCUT2D eigenvalue weighted by Crippen LogP contribution is -2.18. The molecule has 6 heteroatoms. The number of carbonyl (C=O) groups is 2. The van der Waals surface area contributed by atoms with Crippen LogP contribution in [0.4, 0.5) is 0 Å². The van der Waals surface area contributed by atoms with Crippen molar-refractivity contribution in [3.63, 3.8) is 0 Å². The third-order valence-electron chi connectivity index (χ3n) is 5.25. The fraction of sp³-hybridized carbons (Fsp3) is 0.120. The Bertz CT molecular complexity index is 1190. The lowest BCUT2D eigenvalue weighted by Gasteiger charge is -2.05. The normalized spacial score (nSPS) is 10.8. The van der Waals surface area contributed by atoms with Gasteiger partial charge in [-0.15, -0.1) is 0 Å². The van der Waals surface area contributed by atoms with Crippen molar-refractivity contribution in [2.75, 3.05) is 0 Å². The maximum absolute atomic E-state index is 13.1. The quantitative estimate of drug-likeness (QED) is 0.201. The first-order chi connectivity index (χ1) is 15.0. The summed E-state index contributed by atoms with van der Waals surface area (Å²) in [5, 5.41) is 12.8. The summed E-state index contributed by atoms with van der Waals surface area (Å²) < 4.78 is 0. The number of aromatic amines is 1. The Labute approximate surface area is 184 Å². The molecule has 5 nitrogen and oxygen atoms in total. The van der Waals surface area contributed by atoms with E-state index >= 15 is 0 Å². The number of ketones is 1. The van der Waals surface area contributed by atoms with Crippen LogP contribution < -0.4 is 5.48 Å². The Morgan fingerprint density at radius 2 is 1.74 bits per heavy atom. The van der Waals surface area contributed by atoms with Gasteiger partial charge in [-0.2, -0.15) is 11.3 Å². The summed E-state index contributed by atoms with van der Waals surface area (Å²) in [5.41, 5.74) is 8.64. The van der Waals surface area contributed by atoms with Crippen molar-refractivity contribution in [2.24, 2.45) is 0 Å².